The molecule has 204 valence electrons. The van der Waals surface area contributed by atoms with E-state index in [1.54, 1.807) is 13.0 Å². The Hall–Kier alpha value is -3.47. The first kappa shape index (κ1) is 27.6. The third-order valence-corrected chi connectivity index (χ3v) is 9.12. The summed E-state index contributed by atoms with van der Waals surface area (Å²) in [5.74, 6) is -0.884. The van der Waals surface area contributed by atoms with Crippen LogP contribution in [0.3, 0.4) is 0 Å². The van der Waals surface area contributed by atoms with Crippen LogP contribution < -0.4 is 4.90 Å². The van der Waals surface area contributed by atoms with Crippen molar-refractivity contribution in [3.8, 4) is 0 Å². The molecule has 0 aromatic heterocycles. The van der Waals surface area contributed by atoms with Gasteiger partial charge in [0.2, 0.25) is 0 Å². The number of esters is 1. The molecular formula is C27H33N3O7S. The first-order chi connectivity index (χ1) is 18.2. The molecule has 0 saturated carbocycles. The van der Waals surface area contributed by atoms with Gasteiger partial charge >= 0.3 is 5.97 Å². The topological polar surface area (TPSA) is 127 Å². The van der Waals surface area contributed by atoms with E-state index in [0.29, 0.717) is 31.1 Å². The molecule has 0 N–H and O–H groups in total. The number of amides is 1. The first-order valence-corrected chi connectivity index (χ1v) is 14.7. The number of anilines is 1. The number of carbonyl (C=O) groups is 2. The Labute approximate surface area is 222 Å². The SMILES string of the molecule is CCN(C(=O)COC(=O)c1cc([N+](=O)[O-])ccc1N1CCC(Cc2ccccc2)CC1)C1CCS(=O)(=O)C1. The predicted octanol–water partition coefficient (Wildman–Crippen LogP) is 3.25. The summed E-state index contributed by atoms with van der Waals surface area (Å²) in [6, 6.07) is 14.0. The van der Waals surface area contributed by atoms with Gasteiger partial charge in [-0.2, -0.15) is 0 Å². The molecule has 0 bridgehead atoms. The van der Waals surface area contributed by atoms with Crippen LogP contribution >= 0.6 is 0 Å². The lowest BCUT2D eigenvalue weighted by molar-refractivity contribution is -0.384. The fraction of sp³-hybridized carbons (Fsp3) is 0.481. The standard InChI is InChI=1S/C27H33N3O7S/c1-2-29(23-12-15-38(35,36)19-23)26(31)18-37-27(32)24-17-22(30(33)34)8-9-25(24)28-13-10-21(11-14-28)16-20-6-4-3-5-7-20/h3-9,17,21,23H,2,10-16,18-19H2,1H3. The molecule has 10 nitrogen and oxygen atoms in total. The number of benzene rings is 2. The predicted molar refractivity (Wildman–Crippen MR) is 143 cm³/mol. The van der Waals surface area contributed by atoms with E-state index in [1.165, 1.54) is 22.6 Å². The van der Waals surface area contributed by atoms with Crippen molar-refractivity contribution < 1.29 is 27.7 Å². The van der Waals surface area contributed by atoms with Crippen LogP contribution in [0.25, 0.3) is 0 Å². The molecule has 1 atom stereocenters. The zero-order valence-electron chi connectivity index (χ0n) is 21.5. The molecule has 2 aromatic carbocycles. The van der Waals surface area contributed by atoms with Gasteiger partial charge in [0, 0.05) is 37.8 Å². The Morgan fingerprint density at radius 3 is 2.42 bits per heavy atom. The minimum absolute atomic E-state index is 0.0281. The minimum Gasteiger partial charge on any atom is -0.452 e. The molecule has 4 rings (SSSR count). The normalized spacial score (nSPS) is 19.2. The van der Waals surface area contributed by atoms with E-state index in [-0.39, 0.29) is 29.3 Å². The summed E-state index contributed by atoms with van der Waals surface area (Å²) in [6.45, 7) is 2.84. The molecule has 0 radical (unpaired) electrons. The van der Waals surface area contributed by atoms with Gasteiger partial charge in [0.15, 0.2) is 16.4 Å². The number of non-ortho nitro benzene ring substituents is 1. The summed E-state index contributed by atoms with van der Waals surface area (Å²) in [7, 11) is -3.18. The number of sulfone groups is 1. The van der Waals surface area contributed by atoms with Crippen molar-refractivity contribution in [2.75, 3.05) is 42.6 Å². The molecule has 38 heavy (non-hydrogen) atoms. The monoisotopic (exact) mass is 543 g/mol. The Kier molecular flexibility index (Phi) is 8.65. The van der Waals surface area contributed by atoms with Crippen molar-refractivity contribution in [3.05, 3.63) is 69.8 Å². The molecule has 2 heterocycles. The molecule has 1 amide bonds. The van der Waals surface area contributed by atoms with Crippen molar-refractivity contribution in [1.29, 1.82) is 0 Å². The van der Waals surface area contributed by atoms with Gasteiger partial charge in [-0.25, -0.2) is 13.2 Å². The van der Waals surface area contributed by atoms with Crippen LogP contribution in [0.4, 0.5) is 11.4 Å². The summed E-state index contributed by atoms with van der Waals surface area (Å²) in [6.07, 6.45) is 3.15. The van der Waals surface area contributed by atoms with Crippen molar-refractivity contribution in [2.24, 2.45) is 5.92 Å². The van der Waals surface area contributed by atoms with Crippen LogP contribution in [0.1, 0.15) is 42.1 Å². The van der Waals surface area contributed by atoms with E-state index in [2.05, 4.69) is 12.1 Å². The fourth-order valence-corrected chi connectivity index (χ4v) is 7.08. The highest BCUT2D eigenvalue weighted by molar-refractivity contribution is 7.91. The maximum absolute atomic E-state index is 13.1. The molecular weight excluding hydrogens is 510 g/mol. The lowest BCUT2D eigenvalue weighted by atomic mass is 9.90. The minimum atomic E-state index is -3.18. The van der Waals surface area contributed by atoms with Gasteiger partial charge in [-0.05, 0) is 50.2 Å². The van der Waals surface area contributed by atoms with Gasteiger partial charge in [0.1, 0.15) is 0 Å². The van der Waals surface area contributed by atoms with Crippen molar-refractivity contribution in [3.63, 3.8) is 0 Å². The highest BCUT2D eigenvalue weighted by atomic mass is 32.2. The third-order valence-electron chi connectivity index (χ3n) is 7.37. The summed E-state index contributed by atoms with van der Waals surface area (Å²) < 4.78 is 29.0. The van der Waals surface area contributed by atoms with Gasteiger partial charge in [-0.3, -0.25) is 14.9 Å². The molecule has 0 spiro atoms. The third kappa shape index (κ3) is 6.69. The molecule has 11 heteroatoms. The summed E-state index contributed by atoms with van der Waals surface area (Å²) in [5.41, 5.74) is 1.63. The maximum Gasteiger partial charge on any atom is 0.341 e. The lowest BCUT2D eigenvalue weighted by Gasteiger charge is -2.34. The van der Waals surface area contributed by atoms with Crippen LogP contribution in [0.2, 0.25) is 0 Å². The number of hydrogen-bond acceptors (Lipinski definition) is 8. The van der Waals surface area contributed by atoms with Crippen LogP contribution in [0.5, 0.6) is 0 Å². The van der Waals surface area contributed by atoms with E-state index in [0.717, 1.165) is 19.3 Å². The second-order valence-corrected chi connectivity index (χ2v) is 12.1. The quantitative estimate of drug-likeness (QED) is 0.268. The highest BCUT2D eigenvalue weighted by Crippen LogP contribution is 2.31. The van der Waals surface area contributed by atoms with E-state index in [4.69, 9.17) is 4.74 Å². The van der Waals surface area contributed by atoms with Gasteiger partial charge in [-0.1, -0.05) is 30.3 Å². The smallest absolute Gasteiger partial charge is 0.341 e. The van der Waals surface area contributed by atoms with Crippen LogP contribution in [0.15, 0.2) is 48.5 Å². The molecule has 2 aliphatic heterocycles. The Morgan fingerprint density at radius 2 is 1.82 bits per heavy atom. The van der Waals surface area contributed by atoms with Gasteiger partial charge in [-0.15, -0.1) is 0 Å². The summed E-state index contributed by atoms with van der Waals surface area (Å²) in [4.78, 5) is 40.2. The molecule has 2 fully saturated rings. The Balaban J connectivity index is 1.43. The van der Waals surface area contributed by atoms with Gasteiger partial charge in [0.25, 0.3) is 11.6 Å². The zero-order valence-corrected chi connectivity index (χ0v) is 22.3. The summed E-state index contributed by atoms with van der Waals surface area (Å²) >= 11 is 0. The zero-order chi connectivity index (χ0) is 27.3. The molecule has 2 aromatic rings. The van der Waals surface area contributed by atoms with E-state index in [9.17, 15) is 28.1 Å². The van der Waals surface area contributed by atoms with Crippen molar-refractivity contribution >= 4 is 33.1 Å². The maximum atomic E-state index is 13.1. The first-order valence-electron chi connectivity index (χ1n) is 12.9. The number of ether oxygens (including phenoxy) is 1. The number of nitrogens with zero attached hydrogens (tertiary/aromatic N) is 3. The second-order valence-electron chi connectivity index (χ2n) is 9.89. The van der Waals surface area contributed by atoms with Crippen LogP contribution in [0, 0.1) is 16.0 Å². The van der Waals surface area contributed by atoms with Gasteiger partial charge < -0.3 is 14.5 Å². The average Bonchev–Trinajstić information content (AvgIpc) is 3.27. The number of likely N-dealkylation sites (N-methyl/N-ethyl adjacent to an activating group) is 1. The number of piperidine rings is 1. The van der Waals surface area contributed by atoms with Crippen LogP contribution in [-0.4, -0.2) is 73.9 Å². The number of hydrogen-bond donors (Lipinski definition) is 0. The summed E-state index contributed by atoms with van der Waals surface area (Å²) in [5, 5.41) is 11.4. The largest absolute Gasteiger partial charge is 0.452 e. The highest BCUT2D eigenvalue weighted by Gasteiger charge is 2.34. The van der Waals surface area contributed by atoms with Crippen molar-refractivity contribution in [1.82, 2.24) is 4.90 Å². The van der Waals surface area contributed by atoms with E-state index in [1.807, 2.05) is 23.1 Å². The van der Waals surface area contributed by atoms with Crippen LogP contribution in [-0.2, 0) is 25.8 Å². The fourth-order valence-electron chi connectivity index (χ4n) is 5.35. The number of nitro groups is 1. The van der Waals surface area contributed by atoms with E-state index < -0.39 is 39.3 Å². The lowest BCUT2D eigenvalue weighted by Crippen LogP contribution is -2.43. The van der Waals surface area contributed by atoms with Gasteiger partial charge in [0.05, 0.1) is 27.7 Å². The number of carbonyl (C=O) groups excluding carboxylic acids is 2. The number of nitro benzene ring substituents is 1. The Morgan fingerprint density at radius 1 is 1.11 bits per heavy atom. The Bertz CT molecular complexity index is 1270. The van der Waals surface area contributed by atoms with Crippen molar-refractivity contribution in [2.45, 2.75) is 38.6 Å². The average molecular weight is 544 g/mol. The number of rotatable bonds is 9. The molecule has 2 aliphatic rings. The molecule has 0 aliphatic carbocycles. The van der Waals surface area contributed by atoms with E-state index >= 15 is 0 Å². The second kappa shape index (κ2) is 11.9. The molecule has 2 saturated heterocycles. The molecule has 1 unspecified atom stereocenters.